The fourth-order valence-corrected chi connectivity index (χ4v) is 3.09. The predicted molar refractivity (Wildman–Crippen MR) is 106 cm³/mol. The molecule has 0 unspecified atom stereocenters. The minimum Gasteiger partial charge on any atom is -0.274 e. The quantitative estimate of drug-likeness (QED) is 0.256. The van der Waals surface area contributed by atoms with Crippen molar-refractivity contribution in [2.75, 3.05) is 6.54 Å². The maximum Gasteiger partial charge on any atom is 0.260 e. The van der Waals surface area contributed by atoms with Crippen LogP contribution in [-0.4, -0.2) is 23.3 Å². The monoisotopic (exact) mass is 423 g/mol. The van der Waals surface area contributed by atoms with Gasteiger partial charge < -0.3 is 0 Å². The van der Waals surface area contributed by atoms with Gasteiger partial charge in [0.1, 0.15) is 0 Å². The Morgan fingerprint density at radius 1 is 0.667 bits per heavy atom. The zero-order valence-corrected chi connectivity index (χ0v) is 16.9. The maximum atomic E-state index is 13.6. The summed E-state index contributed by atoms with van der Waals surface area (Å²) in [5.41, 5.74) is -0.402. The Kier molecular flexibility index (Phi) is 9.02. The Morgan fingerprint density at radius 2 is 1.10 bits per heavy atom. The number of nitrogens with zero attached hydrogens (tertiary/aromatic N) is 1. The molecule has 2 aromatic rings. The van der Waals surface area contributed by atoms with Crippen molar-refractivity contribution in [1.29, 1.82) is 0 Å². The van der Waals surface area contributed by atoms with Gasteiger partial charge in [0.25, 0.3) is 11.8 Å². The first-order valence-electron chi connectivity index (χ1n) is 10.1. The molecule has 0 fully saturated rings. The van der Waals surface area contributed by atoms with Crippen LogP contribution >= 0.6 is 0 Å². The van der Waals surface area contributed by atoms with Gasteiger partial charge in [0.2, 0.25) is 0 Å². The number of amides is 2. The van der Waals surface area contributed by atoms with Crippen molar-refractivity contribution in [2.45, 2.75) is 51.9 Å². The summed E-state index contributed by atoms with van der Waals surface area (Å²) in [6.07, 6.45) is 6.65. The van der Waals surface area contributed by atoms with Crippen LogP contribution in [0.4, 0.5) is 17.6 Å². The second-order valence-corrected chi connectivity index (χ2v) is 7.14. The SMILES string of the molecule is CCCCCCCCCN(C(=O)c1ccc(F)c(F)c1)C(=O)c1ccc(F)c(F)c1. The van der Waals surface area contributed by atoms with E-state index in [1.54, 1.807) is 0 Å². The minimum absolute atomic E-state index is 0.0312. The first-order valence-corrected chi connectivity index (χ1v) is 10.1. The van der Waals surface area contributed by atoms with Gasteiger partial charge in [-0.25, -0.2) is 17.6 Å². The van der Waals surface area contributed by atoms with Crippen molar-refractivity contribution in [3.8, 4) is 0 Å². The Morgan fingerprint density at radius 3 is 1.53 bits per heavy atom. The number of hydrogen-bond donors (Lipinski definition) is 0. The number of hydrogen-bond acceptors (Lipinski definition) is 2. The number of rotatable bonds is 10. The normalized spacial score (nSPS) is 10.8. The molecule has 0 aliphatic heterocycles. The van der Waals surface area contributed by atoms with Crippen LogP contribution in [0.2, 0.25) is 0 Å². The first kappa shape index (κ1) is 23.6. The Labute approximate surface area is 173 Å². The van der Waals surface area contributed by atoms with Crippen LogP contribution in [0.5, 0.6) is 0 Å². The third-order valence-corrected chi connectivity index (χ3v) is 4.81. The van der Waals surface area contributed by atoms with Crippen LogP contribution in [0.1, 0.15) is 72.6 Å². The van der Waals surface area contributed by atoms with Gasteiger partial charge >= 0.3 is 0 Å². The van der Waals surface area contributed by atoms with E-state index in [1.807, 2.05) is 0 Å². The lowest BCUT2D eigenvalue weighted by Gasteiger charge is -2.21. The third kappa shape index (κ3) is 6.40. The summed E-state index contributed by atoms with van der Waals surface area (Å²) in [5, 5.41) is 0. The van der Waals surface area contributed by atoms with E-state index in [1.165, 1.54) is 0 Å². The van der Waals surface area contributed by atoms with E-state index in [-0.39, 0.29) is 17.7 Å². The van der Waals surface area contributed by atoms with E-state index in [0.717, 1.165) is 67.7 Å². The van der Waals surface area contributed by atoms with Gasteiger partial charge in [0.05, 0.1) is 0 Å². The van der Waals surface area contributed by atoms with Crippen molar-refractivity contribution in [3.63, 3.8) is 0 Å². The summed E-state index contributed by atoms with van der Waals surface area (Å²) in [6, 6.07) is 5.20. The van der Waals surface area contributed by atoms with Crippen LogP contribution in [-0.2, 0) is 0 Å². The molecule has 0 bridgehead atoms. The molecule has 0 aromatic heterocycles. The number of benzene rings is 2. The lowest BCUT2D eigenvalue weighted by atomic mass is 10.1. The van der Waals surface area contributed by atoms with Crippen molar-refractivity contribution < 1.29 is 27.2 Å². The second kappa shape index (κ2) is 11.5. The molecule has 0 aliphatic carbocycles. The van der Waals surface area contributed by atoms with E-state index in [2.05, 4.69) is 6.92 Å². The molecule has 2 aromatic carbocycles. The predicted octanol–water partition coefficient (Wildman–Crippen LogP) is 6.28. The molecule has 0 saturated carbocycles. The number of halogens is 4. The highest BCUT2D eigenvalue weighted by atomic mass is 19.2. The maximum absolute atomic E-state index is 13.6. The number of carbonyl (C=O) groups is 2. The molecule has 2 amide bonds. The molecule has 30 heavy (non-hydrogen) atoms. The summed E-state index contributed by atoms with van der Waals surface area (Å²) in [6.45, 7) is 2.15. The highest BCUT2D eigenvalue weighted by Gasteiger charge is 2.25. The molecule has 0 heterocycles. The smallest absolute Gasteiger partial charge is 0.260 e. The molecule has 0 aliphatic rings. The molecule has 162 valence electrons. The molecule has 7 heteroatoms. The number of unbranched alkanes of at least 4 members (excludes halogenated alkanes) is 6. The zero-order valence-electron chi connectivity index (χ0n) is 16.9. The Bertz CT molecular complexity index is 822. The van der Waals surface area contributed by atoms with Gasteiger partial charge in [0, 0.05) is 17.7 Å². The standard InChI is InChI=1S/C23H25F4NO2/c1-2-3-4-5-6-7-8-13-28(22(29)16-9-11-18(24)20(26)14-16)23(30)17-10-12-19(25)21(27)15-17/h9-12,14-15H,2-8,13H2,1H3. The van der Waals surface area contributed by atoms with Gasteiger partial charge in [-0.05, 0) is 42.8 Å². The fraction of sp³-hybridized carbons (Fsp3) is 0.391. The molecule has 0 N–H and O–H groups in total. The molecule has 2 rings (SSSR count). The lowest BCUT2D eigenvalue weighted by molar-refractivity contribution is 0.0612. The van der Waals surface area contributed by atoms with E-state index >= 15 is 0 Å². The van der Waals surface area contributed by atoms with E-state index in [9.17, 15) is 27.2 Å². The number of imide groups is 1. The highest BCUT2D eigenvalue weighted by Crippen LogP contribution is 2.17. The van der Waals surface area contributed by atoms with Crippen molar-refractivity contribution in [3.05, 3.63) is 70.8 Å². The average Bonchev–Trinajstić information content (AvgIpc) is 2.73. The van der Waals surface area contributed by atoms with E-state index in [0.29, 0.717) is 18.6 Å². The first-order chi connectivity index (χ1) is 14.3. The zero-order chi connectivity index (χ0) is 22.1. The topological polar surface area (TPSA) is 37.4 Å². The van der Waals surface area contributed by atoms with Crippen molar-refractivity contribution in [1.82, 2.24) is 4.90 Å². The van der Waals surface area contributed by atoms with Crippen LogP contribution < -0.4 is 0 Å². The molecular weight excluding hydrogens is 398 g/mol. The summed E-state index contributed by atoms with van der Waals surface area (Å²) in [4.78, 5) is 26.5. The van der Waals surface area contributed by atoms with Gasteiger partial charge in [0.15, 0.2) is 23.3 Å². The molecule has 3 nitrogen and oxygen atoms in total. The largest absolute Gasteiger partial charge is 0.274 e. The van der Waals surface area contributed by atoms with Crippen LogP contribution in [0.3, 0.4) is 0 Å². The molecule has 0 radical (unpaired) electrons. The third-order valence-electron chi connectivity index (χ3n) is 4.81. The van der Waals surface area contributed by atoms with Crippen molar-refractivity contribution >= 4 is 11.8 Å². The van der Waals surface area contributed by atoms with Crippen LogP contribution in [0.25, 0.3) is 0 Å². The second-order valence-electron chi connectivity index (χ2n) is 7.14. The van der Waals surface area contributed by atoms with Crippen molar-refractivity contribution in [2.24, 2.45) is 0 Å². The van der Waals surface area contributed by atoms with Gasteiger partial charge in [-0.15, -0.1) is 0 Å². The number of carbonyl (C=O) groups excluding carboxylic acids is 2. The Hall–Kier alpha value is -2.70. The van der Waals surface area contributed by atoms with Crippen LogP contribution in [0, 0.1) is 23.3 Å². The molecule has 0 atom stereocenters. The summed E-state index contributed by atoms with van der Waals surface area (Å²) in [5.74, 6) is -6.30. The lowest BCUT2D eigenvalue weighted by Crippen LogP contribution is -2.38. The average molecular weight is 423 g/mol. The molecular formula is C23H25F4NO2. The van der Waals surface area contributed by atoms with Crippen LogP contribution in [0.15, 0.2) is 36.4 Å². The van der Waals surface area contributed by atoms with Gasteiger partial charge in [-0.1, -0.05) is 45.4 Å². The van der Waals surface area contributed by atoms with Gasteiger partial charge in [-0.3, -0.25) is 14.5 Å². The fourth-order valence-electron chi connectivity index (χ4n) is 3.09. The summed E-state index contributed by atoms with van der Waals surface area (Å²) >= 11 is 0. The summed E-state index contributed by atoms with van der Waals surface area (Å²) in [7, 11) is 0. The highest BCUT2D eigenvalue weighted by molar-refractivity contribution is 6.10. The Balaban J connectivity index is 2.16. The van der Waals surface area contributed by atoms with Gasteiger partial charge in [-0.2, -0.15) is 0 Å². The summed E-state index contributed by atoms with van der Waals surface area (Å²) < 4.78 is 53.5. The molecule has 0 spiro atoms. The van der Waals surface area contributed by atoms with E-state index < -0.39 is 35.1 Å². The minimum atomic E-state index is -1.21. The molecule has 0 saturated heterocycles. The van der Waals surface area contributed by atoms with E-state index in [4.69, 9.17) is 0 Å².